The van der Waals surface area contributed by atoms with Crippen LogP contribution < -0.4 is 5.32 Å². The molecule has 1 N–H and O–H groups in total. The van der Waals surface area contributed by atoms with Crippen molar-refractivity contribution in [3.05, 3.63) is 60.2 Å². The molecule has 2 nitrogen and oxygen atoms in total. The largest absolute Gasteiger partial charge is 0.416 e. The van der Waals surface area contributed by atoms with Gasteiger partial charge in [0.2, 0.25) is 0 Å². The normalized spacial score (nSPS) is 11.7. The van der Waals surface area contributed by atoms with Crippen molar-refractivity contribution in [2.24, 2.45) is 4.99 Å². The van der Waals surface area contributed by atoms with Crippen molar-refractivity contribution in [3.63, 3.8) is 0 Å². The summed E-state index contributed by atoms with van der Waals surface area (Å²) in [6, 6.07) is 14.1. The van der Waals surface area contributed by atoms with E-state index in [1.165, 1.54) is 12.4 Å². The molecule has 0 aliphatic rings. The van der Waals surface area contributed by atoms with Gasteiger partial charge in [0, 0.05) is 5.69 Å². The maximum Gasteiger partial charge on any atom is 0.416 e. The highest BCUT2D eigenvalue weighted by Crippen LogP contribution is 2.30. The van der Waals surface area contributed by atoms with E-state index in [0.29, 0.717) is 5.69 Å². The lowest BCUT2D eigenvalue weighted by Gasteiger charge is -2.08. The van der Waals surface area contributed by atoms with E-state index in [2.05, 4.69) is 10.3 Å². The maximum atomic E-state index is 12.5. The molecule has 98 valence electrons. The monoisotopic (exact) mass is 264 g/mol. The van der Waals surface area contributed by atoms with E-state index in [-0.39, 0.29) is 0 Å². The van der Waals surface area contributed by atoms with E-state index >= 15 is 0 Å². The molecule has 0 unspecified atom stereocenters. The molecule has 0 aliphatic carbocycles. The summed E-state index contributed by atoms with van der Waals surface area (Å²) >= 11 is 0. The van der Waals surface area contributed by atoms with Crippen LogP contribution in [0.15, 0.2) is 59.6 Å². The summed E-state index contributed by atoms with van der Waals surface area (Å²) in [4.78, 5) is 4.08. The van der Waals surface area contributed by atoms with E-state index in [9.17, 15) is 13.2 Å². The summed E-state index contributed by atoms with van der Waals surface area (Å²) < 4.78 is 37.5. The summed E-state index contributed by atoms with van der Waals surface area (Å²) in [6.07, 6.45) is -2.97. The zero-order valence-electron chi connectivity index (χ0n) is 9.85. The van der Waals surface area contributed by atoms with E-state index in [1.807, 2.05) is 18.2 Å². The Labute approximate surface area is 108 Å². The van der Waals surface area contributed by atoms with Crippen molar-refractivity contribution in [3.8, 4) is 0 Å². The second-order valence-corrected chi connectivity index (χ2v) is 3.82. The van der Waals surface area contributed by atoms with Crippen molar-refractivity contribution in [1.82, 2.24) is 0 Å². The fourth-order valence-electron chi connectivity index (χ4n) is 1.48. The standard InChI is InChI=1S/C14H11F3N2/c15-14(16,17)11-5-4-8-13(9-11)19-10-18-12-6-2-1-3-7-12/h1-10H,(H,18,19). The number of para-hydroxylation sites is 1. The number of hydrogen-bond donors (Lipinski definition) is 1. The van der Waals surface area contributed by atoms with Crippen molar-refractivity contribution in [2.45, 2.75) is 6.18 Å². The average Bonchev–Trinajstić information content (AvgIpc) is 2.39. The lowest BCUT2D eigenvalue weighted by Crippen LogP contribution is -2.05. The SMILES string of the molecule is FC(F)(F)c1cccc(NC=Nc2ccccc2)c1. The lowest BCUT2D eigenvalue weighted by atomic mass is 10.2. The van der Waals surface area contributed by atoms with Gasteiger partial charge >= 0.3 is 6.18 Å². The zero-order chi connectivity index (χ0) is 13.7. The molecule has 2 aromatic rings. The van der Waals surface area contributed by atoms with E-state index in [0.717, 1.165) is 17.8 Å². The lowest BCUT2D eigenvalue weighted by molar-refractivity contribution is -0.137. The van der Waals surface area contributed by atoms with Gasteiger partial charge in [0.1, 0.15) is 0 Å². The van der Waals surface area contributed by atoms with Crippen LogP contribution in [0.1, 0.15) is 5.56 Å². The van der Waals surface area contributed by atoms with E-state index in [1.54, 1.807) is 18.2 Å². The first-order valence-corrected chi connectivity index (χ1v) is 5.57. The Hall–Kier alpha value is -2.30. The third-order valence-corrected chi connectivity index (χ3v) is 2.39. The molecular formula is C14H11F3N2. The molecular weight excluding hydrogens is 253 g/mol. The highest BCUT2D eigenvalue weighted by molar-refractivity contribution is 5.78. The number of aliphatic imine (C=N–C) groups is 1. The van der Waals surface area contributed by atoms with Gasteiger partial charge in [-0.2, -0.15) is 13.2 Å². The summed E-state index contributed by atoms with van der Waals surface area (Å²) in [5, 5.41) is 2.71. The van der Waals surface area contributed by atoms with Crippen LogP contribution in [0.5, 0.6) is 0 Å². The maximum absolute atomic E-state index is 12.5. The number of alkyl halides is 3. The second kappa shape index (κ2) is 5.56. The number of rotatable bonds is 3. The Balaban J connectivity index is 2.06. The molecule has 19 heavy (non-hydrogen) atoms. The summed E-state index contributed by atoms with van der Waals surface area (Å²) in [6.45, 7) is 0. The number of halogens is 3. The quantitative estimate of drug-likeness (QED) is 0.641. The topological polar surface area (TPSA) is 24.4 Å². The molecule has 0 aromatic heterocycles. The highest BCUT2D eigenvalue weighted by atomic mass is 19.4. The number of benzene rings is 2. The molecule has 2 rings (SSSR count). The fraction of sp³-hybridized carbons (Fsp3) is 0.0714. The average molecular weight is 264 g/mol. The van der Waals surface area contributed by atoms with Crippen LogP contribution in [0.4, 0.5) is 24.5 Å². The van der Waals surface area contributed by atoms with Gasteiger partial charge in [0.25, 0.3) is 0 Å². The molecule has 0 radical (unpaired) electrons. The molecule has 0 spiro atoms. The molecule has 0 fully saturated rings. The van der Waals surface area contributed by atoms with Gasteiger partial charge in [-0.25, -0.2) is 4.99 Å². The molecule has 5 heteroatoms. The first-order chi connectivity index (χ1) is 9.05. The smallest absolute Gasteiger partial charge is 0.346 e. The molecule has 0 aliphatic heterocycles. The van der Waals surface area contributed by atoms with E-state index < -0.39 is 11.7 Å². The number of nitrogens with zero attached hydrogens (tertiary/aromatic N) is 1. The first-order valence-electron chi connectivity index (χ1n) is 5.57. The van der Waals surface area contributed by atoms with Crippen LogP contribution in [0.25, 0.3) is 0 Å². The molecule has 0 amide bonds. The predicted molar refractivity (Wildman–Crippen MR) is 69.7 cm³/mol. The van der Waals surface area contributed by atoms with Crippen LogP contribution in [-0.4, -0.2) is 6.34 Å². The highest BCUT2D eigenvalue weighted by Gasteiger charge is 2.30. The molecule has 0 saturated carbocycles. The Bertz CT molecular complexity index is 562. The Morgan fingerprint density at radius 2 is 1.68 bits per heavy atom. The minimum Gasteiger partial charge on any atom is -0.346 e. The summed E-state index contributed by atoms with van der Waals surface area (Å²) in [5.41, 5.74) is 0.377. The van der Waals surface area contributed by atoms with Crippen molar-refractivity contribution in [2.75, 3.05) is 5.32 Å². The minimum absolute atomic E-state index is 0.342. The van der Waals surface area contributed by atoms with Gasteiger partial charge in [-0.15, -0.1) is 0 Å². The molecule has 0 saturated heterocycles. The van der Waals surface area contributed by atoms with Gasteiger partial charge in [-0.1, -0.05) is 24.3 Å². The molecule has 0 atom stereocenters. The fourth-order valence-corrected chi connectivity index (χ4v) is 1.48. The van der Waals surface area contributed by atoms with Gasteiger partial charge in [0.15, 0.2) is 0 Å². The van der Waals surface area contributed by atoms with Crippen molar-refractivity contribution >= 4 is 17.7 Å². The van der Waals surface area contributed by atoms with Gasteiger partial charge in [-0.3, -0.25) is 0 Å². The molecule has 2 aromatic carbocycles. The Kier molecular flexibility index (Phi) is 3.85. The minimum atomic E-state index is -4.34. The van der Waals surface area contributed by atoms with Crippen molar-refractivity contribution in [1.29, 1.82) is 0 Å². The van der Waals surface area contributed by atoms with Crippen LogP contribution in [-0.2, 0) is 6.18 Å². The van der Waals surface area contributed by atoms with Gasteiger partial charge in [-0.05, 0) is 30.3 Å². The Morgan fingerprint density at radius 1 is 0.947 bits per heavy atom. The van der Waals surface area contributed by atoms with Gasteiger partial charge < -0.3 is 5.32 Å². The molecule has 0 bridgehead atoms. The van der Waals surface area contributed by atoms with Crippen molar-refractivity contribution < 1.29 is 13.2 Å². The van der Waals surface area contributed by atoms with Crippen LogP contribution in [0, 0.1) is 0 Å². The predicted octanol–water partition coefficient (Wildman–Crippen LogP) is 4.48. The number of anilines is 1. The van der Waals surface area contributed by atoms with E-state index in [4.69, 9.17) is 0 Å². The number of hydrogen-bond acceptors (Lipinski definition) is 1. The third-order valence-electron chi connectivity index (χ3n) is 2.39. The Morgan fingerprint density at radius 3 is 2.37 bits per heavy atom. The summed E-state index contributed by atoms with van der Waals surface area (Å²) in [7, 11) is 0. The first kappa shape index (κ1) is 13.1. The van der Waals surface area contributed by atoms with Crippen LogP contribution >= 0.6 is 0 Å². The van der Waals surface area contributed by atoms with Crippen LogP contribution in [0.2, 0.25) is 0 Å². The molecule has 0 heterocycles. The zero-order valence-corrected chi connectivity index (χ0v) is 9.85. The van der Waals surface area contributed by atoms with Crippen LogP contribution in [0.3, 0.4) is 0 Å². The number of nitrogens with one attached hydrogen (secondary N) is 1. The third kappa shape index (κ3) is 3.84. The summed E-state index contributed by atoms with van der Waals surface area (Å²) in [5.74, 6) is 0. The van der Waals surface area contributed by atoms with Gasteiger partial charge in [0.05, 0.1) is 17.6 Å². The second-order valence-electron chi connectivity index (χ2n) is 3.82.